The van der Waals surface area contributed by atoms with Crippen molar-refractivity contribution in [1.29, 1.82) is 0 Å². The van der Waals surface area contributed by atoms with Crippen LogP contribution in [0.4, 0.5) is 0 Å². The zero-order valence-corrected chi connectivity index (χ0v) is 10.5. The first-order valence-corrected chi connectivity index (χ1v) is 6.16. The quantitative estimate of drug-likeness (QED) is 0.785. The molecule has 2 amide bonds. The summed E-state index contributed by atoms with van der Waals surface area (Å²) in [6.07, 6.45) is 3.70. The van der Waals surface area contributed by atoms with Crippen LogP contribution in [0.3, 0.4) is 0 Å². The van der Waals surface area contributed by atoms with Crippen LogP contribution in [0.1, 0.15) is 46.5 Å². The molecule has 16 heavy (non-hydrogen) atoms. The standard InChI is InChI=1S/C12H22N2O2/c1-4-5-6-9(2)14-8-7-11(15)13-10(3)12(14)16/h9-10H,4-8H2,1-3H3,(H,13,15). The molecular formula is C12H22N2O2. The molecule has 0 saturated carbocycles. The molecule has 2 unspecified atom stereocenters. The van der Waals surface area contributed by atoms with Crippen LogP contribution in [0.2, 0.25) is 0 Å². The fourth-order valence-corrected chi connectivity index (χ4v) is 2.05. The molecule has 0 bridgehead atoms. The molecule has 1 aliphatic heterocycles. The molecule has 0 radical (unpaired) electrons. The molecule has 1 rings (SSSR count). The van der Waals surface area contributed by atoms with Crippen molar-refractivity contribution in [2.24, 2.45) is 0 Å². The smallest absolute Gasteiger partial charge is 0.245 e. The SMILES string of the molecule is CCCCC(C)N1CCC(=O)NC(C)C1=O. The number of hydrogen-bond acceptors (Lipinski definition) is 2. The van der Waals surface area contributed by atoms with E-state index in [1.165, 1.54) is 0 Å². The van der Waals surface area contributed by atoms with E-state index in [-0.39, 0.29) is 23.9 Å². The van der Waals surface area contributed by atoms with Gasteiger partial charge in [-0.25, -0.2) is 0 Å². The van der Waals surface area contributed by atoms with E-state index in [1.807, 2.05) is 4.90 Å². The molecule has 0 aromatic carbocycles. The molecule has 0 spiro atoms. The van der Waals surface area contributed by atoms with Crippen LogP contribution in [0.5, 0.6) is 0 Å². The van der Waals surface area contributed by atoms with E-state index >= 15 is 0 Å². The predicted molar refractivity (Wildman–Crippen MR) is 62.9 cm³/mol. The Balaban J connectivity index is 2.62. The Morgan fingerprint density at radius 2 is 2.19 bits per heavy atom. The van der Waals surface area contributed by atoms with Crippen LogP contribution in [0, 0.1) is 0 Å². The lowest BCUT2D eigenvalue weighted by Gasteiger charge is -2.29. The van der Waals surface area contributed by atoms with Gasteiger partial charge in [0.25, 0.3) is 0 Å². The fourth-order valence-electron chi connectivity index (χ4n) is 2.05. The van der Waals surface area contributed by atoms with E-state index in [0.717, 1.165) is 19.3 Å². The summed E-state index contributed by atoms with van der Waals surface area (Å²) >= 11 is 0. The van der Waals surface area contributed by atoms with Gasteiger partial charge < -0.3 is 10.2 Å². The third-order valence-electron chi connectivity index (χ3n) is 3.12. The summed E-state index contributed by atoms with van der Waals surface area (Å²) in [6.45, 7) is 6.52. The lowest BCUT2D eigenvalue weighted by Crippen LogP contribution is -2.46. The highest BCUT2D eigenvalue weighted by Crippen LogP contribution is 2.13. The van der Waals surface area contributed by atoms with Crippen molar-refractivity contribution in [3.05, 3.63) is 0 Å². The molecule has 4 nitrogen and oxygen atoms in total. The Morgan fingerprint density at radius 1 is 1.50 bits per heavy atom. The number of hydrogen-bond donors (Lipinski definition) is 1. The average molecular weight is 226 g/mol. The fraction of sp³-hybridized carbons (Fsp3) is 0.833. The van der Waals surface area contributed by atoms with Gasteiger partial charge in [0, 0.05) is 19.0 Å². The topological polar surface area (TPSA) is 49.4 Å². The van der Waals surface area contributed by atoms with Crippen molar-refractivity contribution in [3.63, 3.8) is 0 Å². The van der Waals surface area contributed by atoms with E-state index in [4.69, 9.17) is 0 Å². The Labute approximate surface area is 97.4 Å². The summed E-state index contributed by atoms with van der Waals surface area (Å²) < 4.78 is 0. The molecule has 0 aliphatic carbocycles. The van der Waals surface area contributed by atoms with Gasteiger partial charge in [-0.15, -0.1) is 0 Å². The second-order valence-corrected chi connectivity index (χ2v) is 4.56. The molecule has 1 N–H and O–H groups in total. The van der Waals surface area contributed by atoms with Gasteiger partial charge in [-0.2, -0.15) is 0 Å². The number of amides is 2. The second kappa shape index (κ2) is 5.87. The lowest BCUT2D eigenvalue weighted by molar-refractivity contribution is -0.134. The molecule has 1 saturated heterocycles. The first-order valence-electron chi connectivity index (χ1n) is 6.16. The summed E-state index contributed by atoms with van der Waals surface area (Å²) in [5.74, 6) is 0.0282. The molecular weight excluding hydrogens is 204 g/mol. The van der Waals surface area contributed by atoms with E-state index in [0.29, 0.717) is 13.0 Å². The minimum absolute atomic E-state index is 0.0222. The van der Waals surface area contributed by atoms with Gasteiger partial charge >= 0.3 is 0 Å². The zero-order valence-electron chi connectivity index (χ0n) is 10.5. The molecule has 4 heteroatoms. The largest absolute Gasteiger partial charge is 0.345 e. The maximum absolute atomic E-state index is 12.0. The molecule has 1 fully saturated rings. The number of rotatable bonds is 4. The maximum atomic E-state index is 12.0. The van der Waals surface area contributed by atoms with E-state index < -0.39 is 0 Å². The molecule has 0 aromatic heterocycles. The van der Waals surface area contributed by atoms with Crippen molar-refractivity contribution in [2.45, 2.75) is 58.5 Å². The first-order chi connectivity index (χ1) is 7.56. The van der Waals surface area contributed by atoms with Crippen LogP contribution >= 0.6 is 0 Å². The number of carbonyl (C=O) groups is 2. The Morgan fingerprint density at radius 3 is 2.81 bits per heavy atom. The normalized spacial score (nSPS) is 23.9. The first kappa shape index (κ1) is 13.0. The minimum Gasteiger partial charge on any atom is -0.345 e. The van der Waals surface area contributed by atoms with Crippen molar-refractivity contribution >= 4 is 11.8 Å². The highest BCUT2D eigenvalue weighted by molar-refractivity contribution is 5.89. The third kappa shape index (κ3) is 3.22. The van der Waals surface area contributed by atoms with E-state index in [9.17, 15) is 9.59 Å². The summed E-state index contributed by atoms with van der Waals surface area (Å²) in [4.78, 5) is 25.2. The van der Waals surface area contributed by atoms with Crippen molar-refractivity contribution in [3.8, 4) is 0 Å². The van der Waals surface area contributed by atoms with Gasteiger partial charge in [-0.05, 0) is 20.3 Å². The maximum Gasteiger partial charge on any atom is 0.245 e. The van der Waals surface area contributed by atoms with Crippen molar-refractivity contribution in [2.75, 3.05) is 6.54 Å². The Kier molecular flexibility index (Phi) is 4.77. The number of carbonyl (C=O) groups excluding carboxylic acids is 2. The van der Waals surface area contributed by atoms with Crippen LogP contribution in [-0.4, -0.2) is 35.3 Å². The molecule has 92 valence electrons. The van der Waals surface area contributed by atoms with Crippen molar-refractivity contribution in [1.82, 2.24) is 10.2 Å². The molecule has 1 aliphatic rings. The summed E-state index contributed by atoms with van der Waals surface area (Å²) in [7, 11) is 0. The summed E-state index contributed by atoms with van der Waals surface area (Å²) in [5.41, 5.74) is 0. The van der Waals surface area contributed by atoms with Gasteiger partial charge in [0.2, 0.25) is 11.8 Å². The van der Waals surface area contributed by atoms with Crippen LogP contribution in [0.25, 0.3) is 0 Å². The lowest BCUT2D eigenvalue weighted by atomic mass is 10.1. The highest BCUT2D eigenvalue weighted by atomic mass is 16.2. The Hall–Kier alpha value is -1.06. The monoisotopic (exact) mass is 226 g/mol. The molecule has 1 heterocycles. The van der Waals surface area contributed by atoms with Crippen LogP contribution in [-0.2, 0) is 9.59 Å². The number of unbranched alkanes of at least 4 members (excludes halogenated alkanes) is 1. The zero-order chi connectivity index (χ0) is 12.1. The number of nitrogens with one attached hydrogen (secondary N) is 1. The summed E-state index contributed by atoms with van der Waals surface area (Å²) in [6, 6.07) is -0.137. The second-order valence-electron chi connectivity index (χ2n) is 4.56. The van der Waals surface area contributed by atoms with Gasteiger partial charge in [-0.3, -0.25) is 9.59 Å². The van der Waals surface area contributed by atoms with Gasteiger partial charge in [0.05, 0.1) is 0 Å². The van der Waals surface area contributed by atoms with Gasteiger partial charge in [0.15, 0.2) is 0 Å². The highest BCUT2D eigenvalue weighted by Gasteiger charge is 2.29. The van der Waals surface area contributed by atoms with Crippen LogP contribution < -0.4 is 5.32 Å². The van der Waals surface area contributed by atoms with E-state index in [1.54, 1.807) is 6.92 Å². The predicted octanol–water partition coefficient (Wildman–Crippen LogP) is 1.30. The van der Waals surface area contributed by atoms with Crippen LogP contribution in [0.15, 0.2) is 0 Å². The third-order valence-corrected chi connectivity index (χ3v) is 3.12. The van der Waals surface area contributed by atoms with Gasteiger partial charge in [-0.1, -0.05) is 19.8 Å². The molecule has 2 atom stereocenters. The number of nitrogens with zero attached hydrogens (tertiary/aromatic N) is 1. The van der Waals surface area contributed by atoms with Gasteiger partial charge in [0.1, 0.15) is 6.04 Å². The average Bonchev–Trinajstić information content (AvgIpc) is 2.36. The minimum atomic E-state index is -0.376. The molecule has 0 aromatic rings. The van der Waals surface area contributed by atoms with Crippen molar-refractivity contribution < 1.29 is 9.59 Å². The van der Waals surface area contributed by atoms with E-state index in [2.05, 4.69) is 19.2 Å². The summed E-state index contributed by atoms with van der Waals surface area (Å²) in [5, 5.41) is 2.70. The Bertz CT molecular complexity index is 266.